The van der Waals surface area contributed by atoms with Crippen LogP contribution >= 0.6 is 0 Å². The highest BCUT2D eigenvalue weighted by molar-refractivity contribution is 5.79. The zero-order valence-electron chi connectivity index (χ0n) is 14.9. The molecule has 2 heterocycles. The Morgan fingerprint density at radius 3 is 2.62 bits per heavy atom. The van der Waals surface area contributed by atoms with Crippen LogP contribution in [0, 0.1) is 5.82 Å². The molecule has 0 unspecified atom stereocenters. The van der Waals surface area contributed by atoms with Crippen molar-refractivity contribution in [2.45, 2.75) is 70.5 Å². The number of hydrogen-bond acceptors (Lipinski definition) is 2. The van der Waals surface area contributed by atoms with Gasteiger partial charge < -0.3 is 9.80 Å². The van der Waals surface area contributed by atoms with Crippen molar-refractivity contribution >= 4 is 5.91 Å². The molecule has 0 radical (unpaired) electrons. The van der Waals surface area contributed by atoms with Crippen LogP contribution in [-0.4, -0.2) is 40.4 Å². The van der Waals surface area contributed by atoms with E-state index in [-0.39, 0.29) is 17.3 Å². The van der Waals surface area contributed by atoms with Gasteiger partial charge in [-0.25, -0.2) is 4.39 Å². The molecular weight excluding hydrogens is 303 g/mol. The van der Waals surface area contributed by atoms with E-state index in [9.17, 15) is 9.18 Å². The molecule has 2 atom stereocenters. The highest BCUT2D eigenvalue weighted by atomic mass is 19.1. The van der Waals surface area contributed by atoms with E-state index in [4.69, 9.17) is 0 Å². The van der Waals surface area contributed by atoms with Gasteiger partial charge >= 0.3 is 0 Å². The van der Waals surface area contributed by atoms with Crippen LogP contribution in [0.3, 0.4) is 0 Å². The predicted molar refractivity (Wildman–Crippen MR) is 94.1 cm³/mol. The first-order valence-electron chi connectivity index (χ1n) is 9.33. The summed E-state index contributed by atoms with van der Waals surface area (Å²) in [6, 6.07) is 7.19. The van der Waals surface area contributed by atoms with E-state index in [0.717, 1.165) is 44.3 Å². The molecule has 2 aliphatic rings. The zero-order chi connectivity index (χ0) is 17.2. The Labute approximate surface area is 144 Å². The summed E-state index contributed by atoms with van der Waals surface area (Å²) in [7, 11) is 0. The van der Waals surface area contributed by atoms with Gasteiger partial charge in [0, 0.05) is 31.1 Å². The molecule has 1 aromatic rings. The van der Waals surface area contributed by atoms with E-state index in [1.807, 2.05) is 0 Å². The summed E-state index contributed by atoms with van der Waals surface area (Å²) in [6.45, 7) is 7.36. The van der Waals surface area contributed by atoms with Gasteiger partial charge in [0.15, 0.2) is 0 Å². The monoisotopic (exact) mass is 332 g/mol. The summed E-state index contributed by atoms with van der Waals surface area (Å²) in [5.74, 6) is 0.0381. The van der Waals surface area contributed by atoms with Gasteiger partial charge in [-0.15, -0.1) is 0 Å². The summed E-state index contributed by atoms with van der Waals surface area (Å²) in [5, 5.41) is 0. The van der Waals surface area contributed by atoms with E-state index in [1.54, 1.807) is 12.1 Å². The molecule has 0 aliphatic carbocycles. The Balaban J connectivity index is 1.75. The SMILES string of the molecule is CC[C@H](C)N1CCC[C@]2(CCC(=O)N2Cc2ccc(F)cc2)CC1. The van der Waals surface area contributed by atoms with Gasteiger partial charge in [-0.3, -0.25) is 4.79 Å². The lowest BCUT2D eigenvalue weighted by Crippen LogP contribution is -2.46. The van der Waals surface area contributed by atoms with Crippen LogP contribution in [0.4, 0.5) is 4.39 Å². The number of amides is 1. The van der Waals surface area contributed by atoms with Crippen LogP contribution in [0.5, 0.6) is 0 Å². The van der Waals surface area contributed by atoms with E-state index in [0.29, 0.717) is 19.0 Å². The average molecular weight is 332 g/mol. The van der Waals surface area contributed by atoms with Gasteiger partial charge in [0.2, 0.25) is 5.91 Å². The summed E-state index contributed by atoms with van der Waals surface area (Å²) >= 11 is 0. The first-order valence-corrected chi connectivity index (χ1v) is 9.33. The standard InChI is InChI=1S/C20H29FN2O/c1-3-16(2)22-13-4-10-20(12-14-22)11-9-19(24)23(20)15-17-5-7-18(21)8-6-17/h5-8,16H,3-4,9-15H2,1-2H3/t16-,20-/m0/s1. The number of nitrogens with zero attached hydrogens (tertiary/aromatic N) is 2. The van der Waals surface area contributed by atoms with Crippen LogP contribution in [-0.2, 0) is 11.3 Å². The Morgan fingerprint density at radius 1 is 1.17 bits per heavy atom. The number of hydrogen-bond donors (Lipinski definition) is 0. The van der Waals surface area contributed by atoms with Crippen molar-refractivity contribution in [3.63, 3.8) is 0 Å². The van der Waals surface area contributed by atoms with Crippen molar-refractivity contribution in [2.24, 2.45) is 0 Å². The molecule has 3 nitrogen and oxygen atoms in total. The second kappa shape index (κ2) is 7.22. The minimum atomic E-state index is -0.222. The molecule has 0 saturated carbocycles. The third-order valence-electron chi connectivity index (χ3n) is 6.10. The lowest BCUT2D eigenvalue weighted by molar-refractivity contribution is -0.132. The summed E-state index contributed by atoms with van der Waals surface area (Å²) < 4.78 is 13.1. The van der Waals surface area contributed by atoms with Crippen molar-refractivity contribution < 1.29 is 9.18 Å². The number of benzene rings is 1. The molecule has 1 amide bonds. The third kappa shape index (κ3) is 3.49. The molecule has 0 N–H and O–H groups in total. The molecule has 3 rings (SSSR count). The van der Waals surface area contributed by atoms with Crippen molar-refractivity contribution in [2.75, 3.05) is 13.1 Å². The fraction of sp³-hybridized carbons (Fsp3) is 0.650. The Bertz CT molecular complexity index is 574. The van der Waals surface area contributed by atoms with Gasteiger partial charge in [0.1, 0.15) is 5.82 Å². The number of carbonyl (C=O) groups excluding carboxylic acids is 1. The van der Waals surface area contributed by atoms with Crippen LogP contribution < -0.4 is 0 Å². The molecule has 4 heteroatoms. The van der Waals surface area contributed by atoms with Crippen LogP contribution in [0.2, 0.25) is 0 Å². The predicted octanol–water partition coefficient (Wildman–Crippen LogP) is 3.97. The largest absolute Gasteiger partial charge is 0.333 e. The minimum absolute atomic E-state index is 0.00762. The summed E-state index contributed by atoms with van der Waals surface area (Å²) in [5.41, 5.74) is 1.03. The summed E-state index contributed by atoms with van der Waals surface area (Å²) in [4.78, 5) is 17.2. The fourth-order valence-corrected chi connectivity index (χ4v) is 4.32. The van der Waals surface area contributed by atoms with E-state index in [1.165, 1.54) is 18.6 Å². The Morgan fingerprint density at radius 2 is 1.92 bits per heavy atom. The van der Waals surface area contributed by atoms with Crippen molar-refractivity contribution in [3.05, 3.63) is 35.6 Å². The highest BCUT2D eigenvalue weighted by Crippen LogP contribution is 2.40. The van der Waals surface area contributed by atoms with Gasteiger partial charge in [0.05, 0.1) is 0 Å². The van der Waals surface area contributed by atoms with Crippen LogP contribution in [0.15, 0.2) is 24.3 Å². The van der Waals surface area contributed by atoms with Crippen molar-refractivity contribution in [1.29, 1.82) is 0 Å². The second-order valence-electron chi connectivity index (χ2n) is 7.48. The maximum absolute atomic E-state index is 13.1. The molecule has 2 saturated heterocycles. The zero-order valence-corrected chi connectivity index (χ0v) is 14.9. The minimum Gasteiger partial charge on any atom is -0.333 e. The molecule has 132 valence electrons. The maximum atomic E-state index is 13.1. The smallest absolute Gasteiger partial charge is 0.223 e. The first-order chi connectivity index (χ1) is 11.5. The van der Waals surface area contributed by atoms with E-state index in [2.05, 4.69) is 23.6 Å². The average Bonchev–Trinajstić information content (AvgIpc) is 2.76. The number of carbonyl (C=O) groups is 1. The van der Waals surface area contributed by atoms with E-state index >= 15 is 0 Å². The van der Waals surface area contributed by atoms with Gasteiger partial charge in [0.25, 0.3) is 0 Å². The topological polar surface area (TPSA) is 23.6 Å². The Hall–Kier alpha value is -1.42. The molecule has 2 aliphatic heterocycles. The van der Waals surface area contributed by atoms with Gasteiger partial charge in [-0.2, -0.15) is 0 Å². The molecular formula is C20H29FN2O. The number of rotatable bonds is 4. The fourth-order valence-electron chi connectivity index (χ4n) is 4.32. The molecule has 1 spiro atoms. The molecule has 0 bridgehead atoms. The maximum Gasteiger partial charge on any atom is 0.223 e. The highest BCUT2D eigenvalue weighted by Gasteiger charge is 2.45. The van der Waals surface area contributed by atoms with E-state index < -0.39 is 0 Å². The molecule has 0 aromatic heterocycles. The molecule has 24 heavy (non-hydrogen) atoms. The van der Waals surface area contributed by atoms with Crippen LogP contribution in [0.1, 0.15) is 57.9 Å². The Kier molecular flexibility index (Phi) is 5.24. The molecule has 2 fully saturated rings. The van der Waals surface area contributed by atoms with Crippen LogP contribution in [0.25, 0.3) is 0 Å². The summed E-state index contributed by atoms with van der Waals surface area (Å²) in [6.07, 6.45) is 6.10. The number of halogens is 1. The lowest BCUT2D eigenvalue weighted by atomic mass is 9.87. The van der Waals surface area contributed by atoms with Gasteiger partial charge in [-0.1, -0.05) is 19.1 Å². The van der Waals surface area contributed by atoms with Gasteiger partial charge in [-0.05, 0) is 63.3 Å². The molecule has 1 aromatic carbocycles. The second-order valence-corrected chi connectivity index (χ2v) is 7.48. The first kappa shape index (κ1) is 17.4. The van der Waals surface area contributed by atoms with Crippen molar-refractivity contribution in [1.82, 2.24) is 9.80 Å². The quantitative estimate of drug-likeness (QED) is 0.833. The normalized spacial score (nSPS) is 26.8. The lowest BCUT2D eigenvalue weighted by Gasteiger charge is -2.38. The third-order valence-corrected chi connectivity index (χ3v) is 6.10. The number of likely N-dealkylation sites (tertiary alicyclic amines) is 2. The van der Waals surface area contributed by atoms with Crippen molar-refractivity contribution in [3.8, 4) is 0 Å².